The largest absolute Gasteiger partial charge is 0.448 e. The van der Waals surface area contributed by atoms with Crippen LogP contribution < -0.4 is 5.32 Å². The molecule has 29 heavy (non-hydrogen) atoms. The fraction of sp³-hybridized carbons (Fsp3) is 0.261. The van der Waals surface area contributed by atoms with Crippen LogP contribution in [0.15, 0.2) is 66.7 Å². The van der Waals surface area contributed by atoms with Crippen molar-refractivity contribution in [1.82, 2.24) is 15.1 Å². The van der Waals surface area contributed by atoms with Crippen molar-refractivity contribution in [3.63, 3.8) is 0 Å². The predicted octanol–water partition coefficient (Wildman–Crippen LogP) is 3.61. The first kappa shape index (κ1) is 18.9. The third-order valence-corrected chi connectivity index (χ3v) is 4.90. The minimum Gasteiger partial charge on any atom is -0.448 e. The molecule has 2 aromatic carbocycles. The summed E-state index contributed by atoms with van der Waals surface area (Å²) in [5.74, 6) is -0.496. The minimum absolute atomic E-state index is 0.334. The quantitative estimate of drug-likeness (QED) is 0.627. The van der Waals surface area contributed by atoms with Crippen LogP contribution in [0, 0.1) is 0 Å². The van der Waals surface area contributed by atoms with E-state index in [1.165, 1.54) is 0 Å². The van der Waals surface area contributed by atoms with Crippen molar-refractivity contribution >= 4 is 11.9 Å². The molecule has 1 aliphatic rings. The summed E-state index contributed by atoms with van der Waals surface area (Å²) >= 11 is 0. The first-order valence-electron chi connectivity index (χ1n) is 9.80. The maximum atomic E-state index is 12.8. The zero-order valence-electron chi connectivity index (χ0n) is 16.2. The van der Waals surface area contributed by atoms with Gasteiger partial charge in [-0.25, -0.2) is 9.48 Å². The van der Waals surface area contributed by atoms with Gasteiger partial charge in [-0.3, -0.25) is 4.79 Å². The molecule has 0 bridgehead atoms. The molecule has 0 radical (unpaired) electrons. The number of carbonyl (C=O) groups excluding carboxylic acids is 2. The van der Waals surface area contributed by atoms with Crippen molar-refractivity contribution in [2.75, 3.05) is 0 Å². The number of nitrogens with one attached hydrogen (secondary N) is 1. The second-order valence-electron chi connectivity index (χ2n) is 7.23. The Hall–Kier alpha value is -3.41. The first-order chi connectivity index (χ1) is 14.1. The molecule has 1 heterocycles. The number of rotatable bonds is 7. The Bertz CT molecular complexity index is 995. The molecular formula is C23H23N3O3. The van der Waals surface area contributed by atoms with Gasteiger partial charge in [-0.1, -0.05) is 48.5 Å². The highest BCUT2D eigenvalue weighted by atomic mass is 16.5. The van der Waals surface area contributed by atoms with E-state index >= 15 is 0 Å². The lowest BCUT2D eigenvalue weighted by molar-refractivity contribution is -0.129. The van der Waals surface area contributed by atoms with Crippen LogP contribution in [0.3, 0.4) is 0 Å². The van der Waals surface area contributed by atoms with E-state index in [4.69, 9.17) is 4.74 Å². The standard InChI is InChI=1S/C23H23N3O3/c1-16(22(27)24-15-17-8-4-2-5-9-17)29-23(28)21-14-20(18-12-13-18)25-26(21)19-10-6-3-7-11-19/h2-11,14,16,18H,12-13,15H2,1H3,(H,24,27)/t16-/m1/s1. The van der Waals surface area contributed by atoms with E-state index in [-0.39, 0.29) is 5.91 Å². The Labute approximate surface area is 169 Å². The molecule has 1 saturated carbocycles. The monoisotopic (exact) mass is 389 g/mol. The highest BCUT2D eigenvalue weighted by Gasteiger charge is 2.30. The molecule has 4 rings (SSSR count). The van der Waals surface area contributed by atoms with E-state index in [0.717, 1.165) is 29.8 Å². The predicted molar refractivity (Wildman–Crippen MR) is 109 cm³/mol. The molecule has 148 valence electrons. The molecule has 1 N–H and O–H groups in total. The van der Waals surface area contributed by atoms with Crippen LogP contribution in [0.4, 0.5) is 0 Å². The zero-order chi connectivity index (χ0) is 20.2. The molecule has 0 aliphatic heterocycles. The lowest BCUT2D eigenvalue weighted by atomic mass is 10.2. The smallest absolute Gasteiger partial charge is 0.357 e. The highest BCUT2D eigenvalue weighted by Crippen LogP contribution is 2.39. The van der Waals surface area contributed by atoms with Crippen molar-refractivity contribution in [1.29, 1.82) is 0 Å². The number of amides is 1. The summed E-state index contributed by atoms with van der Waals surface area (Å²) in [6, 6.07) is 20.8. The molecule has 1 aromatic heterocycles. The average molecular weight is 389 g/mol. The second kappa shape index (κ2) is 8.31. The maximum absolute atomic E-state index is 12.8. The first-order valence-corrected chi connectivity index (χ1v) is 9.80. The van der Waals surface area contributed by atoms with Crippen LogP contribution in [0.25, 0.3) is 5.69 Å². The van der Waals surface area contributed by atoms with Gasteiger partial charge in [-0.05, 0) is 43.5 Å². The van der Waals surface area contributed by atoms with Crippen LogP contribution in [-0.4, -0.2) is 27.8 Å². The van der Waals surface area contributed by atoms with E-state index in [9.17, 15) is 9.59 Å². The van der Waals surface area contributed by atoms with Gasteiger partial charge < -0.3 is 10.1 Å². The van der Waals surface area contributed by atoms with Crippen LogP contribution in [0.1, 0.15) is 47.4 Å². The number of benzene rings is 2. The number of para-hydroxylation sites is 1. The molecule has 1 fully saturated rings. The minimum atomic E-state index is -0.908. The summed E-state index contributed by atoms with van der Waals surface area (Å²) in [5.41, 5.74) is 2.99. The Morgan fingerprint density at radius 3 is 2.41 bits per heavy atom. The van der Waals surface area contributed by atoms with E-state index < -0.39 is 12.1 Å². The molecule has 0 unspecified atom stereocenters. The van der Waals surface area contributed by atoms with Gasteiger partial charge in [-0.2, -0.15) is 5.10 Å². The summed E-state index contributed by atoms with van der Waals surface area (Å²) < 4.78 is 7.05. The van der Waals surface area contributed by atoms with E-state index in [2.05, 4.69) is 10.4 Å². The SMILES string of the molecule is C[C@@H](OC(=O)c1cc(C2CC2)nn1-c1ccccc1)C(=O)NCc1ccccc1. The molecule has 0 saturated heterocycles. The summed E-state index contributed by atoms with van der Waals surface area (Å²) in [6.07, 6.45) is 1.26. The number of nitrogens with zero attached hydrogens (tertiary/aromatic N) is 2. The number of aromatic nitrogens is 2. The topological polar surface area (TPSA) is 73.2 Å². The molecule has 6 nitrogen and oxygen atoms in total. The van der Waals surface area contributed by atoms with Gasteiger partial charge in [0.2, 0.25) is 0 Å². The molecular weight excluding hydrogens is 366 g/mol. The Morgan fingerprint density at radius 2 is 1.76 bits per heavy atom. The molecule has 3 aromatic rings. The van der Waals surface area contributed by atoms with Gasteiger partial charge in [0, 0.05) is 12.5 Å². The van der Waals surface area contributed by atoms with Crippen molar-refractivity contribution < 1.29 is 14.3 Å². The van der Waals surface area contributed by atoms with Gasteiger partial charge in [0.15, 0.2) is 11.8 Å². The number of ether oxygens (including phenoxy) is 1. The molecule has 6 heteroatoms. The average Bonchev–Trinajstić information content (AvgIpc) is 3.51. The summed E-state index contributed by atoms with van der Waals surface area (Å²) in [4.78, 5) is 25.2. The molecule has 1 amide bonds. The van der Waals surface area contributed by atoms with E-state index in [0.29, 0.717) is 18.2 Å². The van der Waals surface area contributed by atoms with Crippen molar-refractivity contribution in [3.05, 3.63) is 83.7 Å². The number of esters is 1. The summed E-state index contributed by atoms with van der Waals surface area (Å²) in [5, 5.41) is 7.40. The van der Waals surface area contributed by atoms with Gasteiger partial charge >= 0.3 is 5.97 Å². The Morgan fingerprint density at radius 1 is 1.10 bits per heavy atom. The third kappa shape index (κ3) is 4.54. The zero-order valence-corrected chi connectivity index (χ0v) is 16.2. The Balaban J connectivity index is 1.45. The maximum Gasteiger partial charge on any atom is 0.357 e. The fourth-order valence-corrected chi connectivity index (χ4v) is 3.09. The number of carbonyl (C=O) groups is 2. The van der Waals surface area contributed by atoms with Crippen LogP contribution >= 0.6 is 0 Å². The molecule has 1 aliphatic carbocycles. The van der Waals surface area contributed by atoms with Gasteiger partial charge in [0.1, 0.15) is 0 Å². The van der Waals surface area contributed by atoms with Crippen molar-refractivity contribution in [2.24, 2.45) is 0 Å². The lowest BCUT2D eigenvalue weighted by Gasteiger charge is -2.14. The number of hydrogen-bond acceptors (Lipinski definition) is 4. The fourth-order valence-electron chi connectivity index (χ4n) is 3.09. The number of hydrogen-bond donors (Lipinski definition) is 1. The second-order valence-corrected chi connectivity index (χ2v) is 7.23. The van der Waals surface area contributed by atoms with Gasteiger partial charge in [0.25, 0.3) is 5.91 Å². The van der Waals surface area contributed by atoms with Gasteiger partial charge in [-0.15, -0.1) is 0 Å². The molecule has 0 spiro atoms. The van der Waals surface area contributed by atoms with Crippen LogP contribution in [0.5, 0.6) is 0 Å². The lowest BCUT2D eigenvalue weighted by Crippen LogP contribution is -2.35. The Kier molecular flexibility index (Phi) is 5.42. The summed E-state index contributed by atoms with van der Waals surface area (Å²) in [7, 11) is 0. The highest BCUT2D eigenvalue weighted by molar-refractivity contribution is 5.91. The van der Waals surface area contributed by atoms with Gasteiger partial charge in [0.05, 0.1) is 11.4 Å². The van der Waals surface area contributed by atoms with E-state index in [1.807, 2.05) is 60.7 Å². The third-order valence-electron chi connectivity index (χ3n) is 4.90. The molecule has 1 atom stereocenters. The van der Waals surface area contributed by atoms with Crippen molar-refractivity contribution in [3.8, 4) is 5.69 Å². The van der Waals surface area contributed by atoms with Crippen molar-refractivity contribution in [2.45, 2.75) is 38.3 Å². The normalized spacial score (nSPS) is 14.2. The summed E-state index contributed by atoms with van der Waals surface area (Å²) in [6.45, 7) is 1.96. The van der Waals surface area contributed by atoms with E-state index in [1.54, 1.807) is 17.7 Å². The van der Waals surface area contributed by atoms with Crippen LogP contribution in [0.2, 0.25) is 0 Å². The van der Waals surface area contributed by atoms with Crippen LogP contribution in [-0.2, 0) is 16.1 Å².